The number of rotatable bonds is 3. The molecule has 3 N–H and O–H groups in total. The van der Waals surface area contributed by atoms with Crippen LogP contribution < -0.4 is 11.1 Å². The first kappa shape index (κ1) is 11.7. The summed E-state index contributed by atoms with van der Waals surface area (Å²) in [6.07, 6.45) is 7.73. The van der Waals surface area contributed by atoms with Gasteiger partial charge in [-0.3, -0.25) is 0 Å². The lowest BCUT2D eigenvalue weighted by atomic mass is 9.81. The minimum atomic E-state index is -0.00373. The van der Waals surface area contributed by atoms with Crippen LogP contribution in [-0.4, -0.2) is 17.1 Å². The molecule has 1 aromatic heterocycles. The van der Waals surface area contributed by atoms with Crippen LogP contribution in [0.4, 0.5) is 5.82 Å². The van der Waals surface area contributed by atoms with Gasteiger partial charge in [0.1, 0.15) is 5.82 Å². The van der Waals surface area contributed by atoms with Gasteiger partial charge in [-0.1, -0.05) is 30.9 Å². The van der Waals surface area contributed by atoms with Gasteiger partial charge in [0, 0.05) is 12.7 Å². The van der Waals surface area contributed by atoms with E-state index in [1.807, 2.05) is 12.1 Å². The van der Waals surface area contributed by atoms with Gasteiger partial charge in [-0.15, -0.1) is 0 Å². The molecule has 4 heteroatoms. The Labute approximate surface area is 101 Å². The molecule has 0 atom stereocenters. The van der Waals surface area contributed by atoms with E-state index in [0.717, 1.165) is 18.7 Å². The smallest absolute Gasteiger partial charge is 0.145 e. The number of hydrogen-bond acceptors (Lipinski definition) is 3. The first-order valence-corrected chi connectivity index (χ1v) is 6.22. The number of halogens is 1. The lowest BCUT2D eigenvalue weighted by Gasteiger charge is -2.37. The van der Waals surface area contributed by atoms with Crippen LogP contribution in [0.5, 0.6) is 0 Å². The molecule has 0 radical (unpaired) electrons. The van der Waals surface area contributed by atoms with Crippen LogP contribution in [0.15, 0.2) is 18.3 Å². The quantitative estimate of drug-likeness (QED) is 0.853. The summed E-state index contributed by atoms with van der Waals surface area (Å²) in [4.78, 5) is 4.27. The zero-order valence-corrected chi connectivity index (χ0v) is 10.1. The number of nitrogens with zero attached hydrogens (tertiary/aromatic N) is 1. The summed E-state index contributed by atoms with van der Waals surface area (Å²) >= 11 is 6.10. The molecule has 1 heterocycles. The molecule has 3 nitrogen and oxygen atoms in total. The first-order valence-electron chi connectivity index (χ1n) is 5.85. The van der Waals surface area contributed by atoms with E-state index in [4.69, 9.17) is 17.3 Å². The van der Waals surface area contributed by atoms with E-state index in [9.17, 15) is 0 Å². The van der Waals surface area contributed by atoms with Crippen molar-refractivity contribution >= 4 is 17.4 Å². The van der Waals surface area contributed by atoms with Gasteiger partial charge in [-0.25, -0.2) is 4.98 Å². The van der Waals surface area contributed by atoms with E-state index in [2.05, 4.69) is 10.3 Å². The molecule has 16 heavy (non-hydrogen) atoms. The number of anilines is 1. The van der Waals surface area contributed by atoms with Gasteiger partial charge in [0.05, 0.1) is 10.6 Å². The molecule has 1 fully saturated rings. The molecule has 0 bridgehead atoms. The third-order valence-electron chi connectivity index (χ3n) is 3.34. The van der Waals surface area contributed by atoms with Gasteiger partial charge in [0.25, 0.3) is 0 Å². The molecular formula is C12H18ClN3. The van der Waals surface area contributed by atoms with Crippen LogP contribution >= 0.6 is 11.6 Å². The highest BCUT2D eigenvalue weighted by Crippen LogP contribution is 2.32. The van der Waals surface area contributed by atoms with Crippen LogP contribution in [0.3, 0.4) is 0 Å². The standard InChI is InChI=1S/C12H18ClN3/c13-10-5-4-8-15-11(10)16-12(9-14)6-2-1-3-7-12/h4-5,8H,1-3,6-7,9,14H2,(H,15,16). The van der Waals surface area contributed by atoms with Crippen molar-refractivity contribution in [1.82, 2.24) is 4.98 Å². The van der Waals surface area contributed by atoms with E-state index >= 15 is 0 Å². The number of nitrogens with two attached hydrogens (primary N) is 1. The maximum atomic E-state index is 6.10. The Morgan fingerprint density at radius 1 is 1.38 bits per heavy atom. The van der Waals surface area contributed by atoms with Crippen LogP contribution in [0.2, 0.25) is 5.02 Å². The van der Waals surface area contributed by atoms with E-state index in [0.29, 0.717) is 11.6 Å². The van der Waals surface area contributed by atoms with Gasteiger partial charge >= 0.3 is 0 Å². The van der Waals surface area contributed by atoms with Crippen molar-refractivity contribution in [2.45, 2.75) is 37.6 Å². The maximum absolute atomic E-state index is 6.10. The highest BCUT2D eigenvalue weighted by molar-refractivity contribution is 6.32. The Morgan fingerprint density at radius 3 is 2.75 bits per heavy atom. The highest BCUT2D eigenvalue weighted by atomic mass is 35.5. The molecular weight excluding hydrogens is 222 g/mol. The molecule has 0 aromatic carbocycles. The molecule has 1 saturated carbocycles. The normalized spacial score (nSPS) is 19.4. The second-order valence-corrected chi connectivity index (χ2v) is 4.91. The molecule has 88 valence electrons. The number of aromatic nitrogens is 1. The first-order chi connectivity index (χ1) is 7.76. The topological polar surface area (TPSA) is 50.9 Å². The summed E-state index contributed by atoms with van der Waals surface area (Å²) in [5, 5.41) is 4.11. The second kappa shape index (κ2) is 5.02. The summed E-state index contributed by atoms with van der Waals surface area (Å²) in [7, 11) is 0. The van der Waals surface area contributed by atoms with Gasteiger partial charge in [-0.05, 0) is 25.0 Å². The summed E-state index contributed by atoms with van der Waals surface area (Å²) in [5.74, 6) is 0.761. The molecule has 0 amide bonds. The predicted molar refractivity (Wildman–Crippen MR) is 67.7 cm³/mol. The Bertz CT molecular complexity index is 348. The SMILES string of the molecule is NCC1(Nc2ncccc2Cl)CCCCC1. The van der Waals surface area contributed by atoms with Gasteiger partial charge in [-0.2, -0.15) is 0 Å². The maximum Gasteiger partial charge on any atom is 0.145 e. The monoisotopic (exact) mass is 239 g/mol. The largest absolute Gasteiger partial charge is 0.362 e. The van der Waals surface area contributed by atoms with Crippen molar-refractivity contribution < 1.29 is 0 Å². The average Bonchev–Trinajstić information content (AvgIpc) is 2.33. The Balaban J connectivity index is 2.15. The van der Waals surface area contributed by atoms with Gasteiger partial charge in [0.15, 0.2) is 0 Å². The number of pyridine rings is 1. The average molecular weight is 240 g/mol. The molecule has 2 rings (SSSR count). The second-order valence-electron chi connectivity index (χ2n) is 4.50. The lowest BCUT2D eigenvalue weighted by Crippen LogP contribution is -2.47. The third kappa shape index (κ3) is 2.47. The summed E-state index contributed by atoms with van der Waals surface area (Å²) in [6.45, 7) is 0.639. The van der Waals surface area contributed by atoms with E-state index in [-0.39, 0.29) is 5.54 Å². The highest BCUT2D eigenvalue weighted by Gasteiger charge is 2.31. The predicted octanol–water partition coefficient (Wildman–Crippen LogP) is 2.81. The summed E-state index contributed by atoms with van der Waals surface area (Å²) in [5.41, 5.74) is 5.90. The zero-order chi connectivity index (χ0) is 11.4. The van der Waals surface area contributed by atoms with Gasteiger partial charge in [0.2, 0.25) is 0 Å². The lowest BCUT2D eigenvalue weighted by molar-refractivity contribution is 0.330. The zero-order valence-electron chi connectivity index (χ0n) is 9.38. The Kier molecular flexibility index (Phi) is 3.66. The van der Waals surface area contributed by atoms with E-state index < -0.39 is 0 Å². The number of nitrogens with one attached hydrogen (secondary N) is 1. The van der Waals surface area contributed by atoms with Crippen LogP contribution in [0.1, 0.15) is 32.1 Å². The van der Waals surface area contributed by atoms with Crippen molar-refractivity contribution in [3.63, 3.8) is 0 Å². The molecule has 1 aliphatic carbocycles. The van der Waals surface area contributed by atoms with E-state index in [1.54, 1.807) is 6.20 Å². The molecule has 0 saturated heterocycles. The molecule has 0 spiro atoms. The van der Waals surface area contributed by atoms with Crippen molar-refractivity contribution in [3.05, 3.63) is 23.4 Å². The fraction of sp³-hybridized carbons (Fsp3) is 0.583. The summed E-state index contributed by atoms with van der Waals surface area (Å²) in [6, 6.07) is 3.69. The van der Waals surface area contributed by atoms with Crippen LogP contribution in [0, 0.1) is 0 Å². The van der Waals surface area contributed by atoms with Crippen molar-refractivity contribution in [1.29, 1.82) is 0 Å². The molecule has 0 aliphatic heterocycles. The number of hydrogen-bond donors (Lipinski definition) is 2. The van der Waals surface area contributed by atoms with Crippen molar-refractivity contribution in [3.8, 4) is 0 Å². The molecule has 1 aliphatic rings. The van der Waals surface area contributed by atoms with Crippen molar-refractivity contribution in [2.24, 2.45) is 5.73 Å². The Morgan fingerprint density at radius 2 is 2.12 bits per heavy atom. The molecule has 1 aromatic rings. The fourth-order valence-corrected chi connectivity index (χ4v) is 2.51. The summed E-state index contributed by atoms with van der Waals surface area (Å²) < 4.78 is 0. The van der Waals surface area contributed by atoms with Crippen molar-refractivity contribution in [2.75, 3.05) is 11.9 Å². The van der Waals surface area contributed by atoms with Crippen LogP contribution in [0.25, 0.3) is 0 Å². The fourth-order valence-electron chi connectivity index (χ4n) is 2.34. The minimum absolute atomic E-state index is 0.00373. The van der Waals surface area contributed by atoms with E-state index in [1.165, 1.54) is 19.3 Å². The third-order valence-corrected chi connectivity index (χ3v) is 3.65. The van der Waals surface area contributed by atoms with Gasteiger partial charge < -0.3 is 11.1 Å². The molecule has 0 unspecified atom stereocenters. The Hall–Kier alpha value is -0.800. The minimum Gasteiger partial charge on any atom is -0.362 e. The van der Waals surface area contributed by atoms with Crippen LogP contribution in [-0.2, 0) is 0 Å².